The van der Waals surface area contributed by atoms with E-state index in [4.69, 9.17) is 14.6 Å². The summed E-state index contributed by atoms with van der Waals surface area (Å²) in [5, 5.41) is 8.70. The predicted molar refractivity (Wildman–Crippen MR) is 135 cm³/mol. The summed E-state index contributed by atoms with van der Waals surface area (Å²) in [4.78, 5) is 15.5. The van der Waals surface area contributed by atoms with Gasteiger partial charge in [-0.05, 0) is 48.2 Å². The van der Waals surface area contributed by atoms with Gasteiger partial charge in [0, 0.05) is 29.3 Å². The fourth-order valence-corrected chi connectivity index (χ4v) is 4.47. The molecule has 0 saturated heterocycles. The molecule has 0 radical (unpaired) electrons. The summed E-state index contributed by atoms with van der Waals surface area (Å²) < 4.78 is 31.0. The average Bonchev–Trinajstić information content (AvgIpc) is 2.82. The van der Waals surface area contributed by atoms with E-state index in [1.54, 1.807) is 18.2 Å². The molecule has 1 atom stereocenters. The fourth-order valence-electron chi connectivity index (χ4n) is 3.58. The van der Waals surface area contributed by atoms with Gasteiger partial charge >= 0.3 is 5.97 Å². The van der Waals surface area contributed by atoms with Crippen LogP contribution in [0, 0.1) is 5.82 Å². The van der Waals surface area contributed by atoms with E-state index in [2.05, 4.69) is 19.9 Å². The summed E-state index contributed by atoms with van der Waals surface area (Å²) in [6.45, 7) is 4.35. The highest BCUT2D eigenvalue weighted by atomic mass is 31.1. The van der Waals surface area contributed by atoms with Gasteiger partial charge < -0.3 is 9.63 Å². The molecular formula is C27H29FNO4P. The standard InChI is InChI=1S/C27H29FNO4P/c1-19(2)24-18-25(20-8-4-3-5-9-20)29-27(21-12-14-22(28)15-13-21)23(24)10-6-16-33-34(32)17-7-11-26(30)31/h3-6,8-10,12-15,18-19,34H,7,11,16-17H2,1-2H3,(H,30,31). The summed E-state index contributed by atoms with van der Waals surface area (Å²) in [6.07, 6.45) is 4.25. The molecule has 0 saturated carbocycles. The largest absolute Gasteiger partial charge is 0.481 e. The van der Waals surface area contributed by atoms with Crippen LogP contribution in [0.3, 0.4) is 0 Å². The van der Waals surface area contributed by atoms with Crippen LogP contribution in [0.1, 0.15) is 43.7 Å². The van der Waals surface area contributed by atoms with E-state index in [0.29, 0.717) is 6.42 Å². The highest BCUT2D eigenvalue weighted by Crippen LogP contribution is 2.34. The van der Waals surface area contributed by atoms with Crippen molar-refractivity contribution in [1.82, 2.24) is 4.98 Å². The van der Waals surface area contributed by atoms with Crippen molar-refractivity contribution in [2.45, 2.75) is 32.6 Å². The Labute approximate surface area is 200 Å². The normalized spacial score (nSPS) is 12.4. The molecule has 0 spiro atoms. The van der Waals surface area contributed by atoms with E-state index < -0.39 is 14.0 Å². The maximum absolute atomic E-state index is 13.6. The molecule has 178 valence electrons. The van der Waals surface area contributed by atoms with E-state index >= 15 is 0 Å². The summed E-state index contributed by atoms with van der Waals surface area (Å²) in [5.74, 6) is -1.03. The Morgan fingerprint density at radius 2 is 1.82 bits per heavy atom. The van der Waals surface area contributed by atoms with E-state index in [1.165, 1.54) is 12.1 Å². The maximum Gasteiger partial charge on any atom is 0.303 e. The molecule has 0 amide bonds. The van der Waals surface area contributed by atoms with Crippen molar-refractivity contribution < 1.29 is 23.4 Å². The molecule has 34 heavy (non-hydrogen) atoms. The van der Waals surface area contributed by atoms with Gasteiger partial charge in [0.1, 0.15) is 5.82 Å². The number of carboxylic acid groups (broad SMARTS) is 1. The molecule has 0 aliphatic carbocycles. The number of benzene rings is 2. The number of pyridine rings is 1. The van der Waals surface area contributed by atoms with Crippen molar-refractivity contribution >= 4 is 20.1 Å². The number of hydrogen-bond acceptors (Lipinski definition) is 4. The summed E-state index contributed by atoms with van der Waals surface area (Å²) in [7, 11) is -2.30. The van der Waals surface area contributed by atoms with Crippen molar-refractivity contribution in [2.24, 2.45) is 0 Å². The second-order valence-corrected chi connectivity index (χ2v) is 9.75. The topological polar surface area (TPSA) is 76.5 Å². The number of carbonyl (C=O) groups is 1. The zero-order chi connectivity index (χ0) is 24.5. The Morgan fingerprint density at radius 1 is 1.12 bits per heavy atom. The highest BCUT2D eigenvalue weighted by Gasteiger charge is 2.16. The minimum Gasteiger partial charge on any atom is -0.481 e. The molecule has 3 rings (SSSR count). The van der Waals surface area contributed by atoms with Crippen molar-refractivity contribution in [2.75, 3.05) is 12.8 Å². The van der Waals surface area contributed by atoms with Crippen molar-refractivity contribution in [3.63, 3.8) is 0 Å². The number of halogens is 1. The molecule has 1 aromatic heterocycles. The molecule has 3 aromatic rings. The van der Waals surface area contributed by atoms with Crippen LogP contribution >= 0.6 is 8.03 Å². The van der Waals surface area contributed by atoms with Crippen LogP contribution in [-0.2, 0) is 13.9 Å². The van der Waals surface area contributed by atoms with Crippen molar-refractivity contribution in [3.8, 4) is 22.5 Å². The number of aromatic nitrogens is 1. The van der Waals surface area contributed by atoms with E-state index in [0.717, 1.165) is 33.6 Å². The van der Waals surface area contributed by atoms with Crippen molar-refractivity contribution in [3.05, 3.63) is 83.7 Å². The molecule has 0 bridgehead atoms. The quantitative estimate of drug-likeness (QED) is 0.297. The second kappa shape index (κ2) is 12.4. The molecular weight excluding hydrogens is 452 g/mol. The van der Waals surface area contributed by atoms with Crippen LogP contribution in [-0.4, -0.2) is 28.8 Å². The molecule has 1 heterocycles. The van der Waals surface area contributed by atoms with Crippen LogP contribution in [0.5, 0.6) is 0 Å². The first kappa shape index (κ1) is 25.5. The third-order valence-corrected chi connectivity index (χ3v) is 6.55. The van der Waals surface area contributed by atoms with Gasteiger partial charge in [0.25, 0.3) is 0 Å². The van der Waals surface area contributed by atoms with Gasteiger partial charge in [-0.2, -0.15) is 0 Å². The smallest absolute Gasteiger partial charge is 0.303 e. The van der Waals surface area contributed by atoms with E-state index in [-0.39, 0.29) is 30.9 Å². The summed E-state index contributed by atoms with van der Waals surface area (Å²) >= 11 is 0. The Balaban J connectivity index is 1.93. The van der Waals surface area contributed by atoms with E-state index in [1.807, 2.05) is 36.4 Å². The molecule has 0 aliphatic rings. The maximum atomic E-state index is 13.6. The Kier molecular flexibility index (Phi) is 9.32. The SMILES string of the molecule is CC(C)c1cc(-c2ccccc2)nc(-c2ccc(F)cc2)c1C=CCO[PH](=O)CCCC(=O)O. The lowest BCUT2D eigenvalue weighted by molar-refractivity contribution is -0.137. The number of hydrogen-bond donors (Lipinski definition) is 1. The predicted octanol–water partition coefficient (Wildman–Crippen LogP) is 7.05. The number of nitrogens with zero attached hydrogens (tertiary/aromatic N) is 1. The first-order valence-electron chi connectivity index (χ1n) is 11.3. The molecule has 2 aromatic carbocycles. The molecule has 1 unspecified atom stereocenters. The molecule has 7 heteroatoms. The minimum absolute atomic E-state index is 0.0200. The second-order valence-electron chi connectivity index (χ2n) is 8.22. The van der Waals surface area contributed by atoms with Gasteiger partial charge in [-0.25, -0.2) is 9.37 Å². The molecule has 0 aliphatic heterocycles. The monoisotopic (exact) mass is 481 g/mol. The van der Waals surface area contributed by atoms with Gasteiger partial charge in [-0.15, -0.1) is 0 Å². The van der Waals surface area contributed by atoms with Gasteiger partial charge in [0.05, 0.1) is 18.0 Å². The zero-order valence-corrected chi connectivity index (χ0v) is 20.3. The van der Waals surface area contributed by atoms with Gasteiger partial charge in [0.15, 0.2) is 8.03 Å². The highest BCUT2D eigenvalue weighted by molar-refractivity contribution is 7.39. The van der Waals surface area contributed by atoms with Crippen LogP contribution in [0.4, 0.5) is 4.39 Å². The lowest BCUT2D eigenvalue weighted by atomic mass is 9.91. The third-order valence-electron chi connectivity index (χ3n) is 5.30. The zero-order valence-electron chi connectivity index (χ0n) is 19.3. The van der Waals surface area contributed by atoms with E-state index in [9.17, 15) is 13.8 Å². The third kappa shape index (κ3) is 7.21. The van der Waals surface area contributed by atoms with Gasteiger partial charge in [-0.1, -0.05) is 56.3 Å². The molecule has 0 fully saturated rings. The van der Waals surface area contributed by atoms with Crippen molar-refractivity contribution in [1.29, 1.82) is 0 Å². The lowest BCUT2D eigenvalue weighted by Crippen LogP contribution is -2.01. The average molecular weight is 482 g/mol. The molecule has 5 nitrogen and oxygen atoms in total. The lowest BCUT2D eigenvalue weighted by Gasteiger charge is -2.17. The summed E-state index contributed by atoms with van der Waals surface area (Å²) in [6, 6.07) is 18.2. The number of carboxylic acids is 1. The first-order valence-corrected chi connectivity index (χ1v) is 12.8. The first-order chi connectivity index (χ1) is 16.3. The number of aliphatic carboxylic acids is 1. The Bertz CT molecular complexity index is 1160. The van der Waals surface area contributed by atoms with Crippen LogP contribution in [0.15, 0.2) is 66.7 Å². The Morgan fingerprint density at radius 3 is 2.47 bits per heavy atom. The fraction of sp³-hybridized carbons (Fsp3) is 0.259. The van der Waals surface area contributed by atoms with Gasteiger partial charge in [-0.3, -0.25) is 9.36 Å². The molecule has 1 N–H and O–H groups in total. The van der Waals surface area contributed by atoms with Crippen LogP contribution in [0.2, 0.25) is 0 Å². The number of rotatable bonds is 11. The summed E-state index contributed by atoms with van der Waals surface area (Å²) in [5.41, 5.74) is 5.33. The minimum atomic E-state index is -2.30. The Hall–Kier alpha value is -3.08. The van der Waals surface area contributed by atoms with Gasteiger partial charge in [0.2, 0.25) is 0 Å². The van der Waals surface area contributed by atoms with Crippen LogP contribution < -0.4 is 0 Å². The van der Waals surface area contributed by atoms with Crippen LogP contribution in [0.25, 0.3) is 28.6 Å².